The molecule has 3 aromatic rings. The average Bonchev–Trinajstić information content (AvgIpc) is 3.09. The van der Waals surface area contributed by atoms with Gasteiger partial charge in [-0.25, -0.2) is 5.10 Å². The third-order valence-electron chi connectivity index (χ3n) is 3.65. The number of nitriles is 1. The molecule has 6 nitrogen and oxygen atoms in total. The van der Waals surface area contributed by atoms with Crippen LogP contribution in [-0.2, 0) is 6.18 Å². The Hall–Kier alpha value is -3.41. The summed E-state index contributed by atoms with van der Waals surface area (Å²) in [6, 6.07) is 9.30. The van der Waals surface area contributed by atoms with E-state index in [0.717, 1.165) is 12.3 Å². The summed E-state index contributed by atoms with van der Waals surface area (Å²) in [5.41, 5.74) is 1.25. The molecular weight excluding hydrogens is 359 g/mol. The van der Waals surface area contributed by atoms with Gasteiger partial charge in [0.2, 0.25) is 0 Å². The van der Waals surface area contributed by atoms with Crippen molar-refractivity contribution < 1.29 is 17.9 Å². The number of rotatable bonds is 4. The van der Waals surface area contributed by atoms with Crippen molar-refractivity contribution in [3.63, 3.8) is 0 Å². The van der Waals surface area contributed by atoms with Crippen LogP contribution in [0.2, 0.25) is 0 Å². The van der Waals surface area contributed by atoms with Crippen LogP contribution in [0.4, 0.5) is 13.2 Å². The van der Waals surface area contributed by atoms with E-state index in [4.69, 9.17) is 10.00 Å². The number of H-pyrrole nitrogens is 1. The fourth-order valence-electron chi connectivity index (χ4n) is 2.48. The SMILES string of the molecule is CC(C)Oc1cc(-c2ccc(C(F)(F)F)nc2)ccc1-c1nn[nH]c1C#N. The van der Waals surface area contributed by atoms with Gasteiger partial charge in [-0.2, -0.15) is 18.4 Å². The lowest BCUT2D eigenvalue weighted by molar-refractivity contribution is -0.141. The highest BCUT2D eigenvalue weighted by molar-refractivity contribution is 5.76. The van der Waals surface area contributed by atoms with Crippen LogP contribution < -0.4 is 4.74 Å². The molecule has 0 aliphatic rings. The van der Waals surface area contributed by atoms with Crippen LogP contribution >= 0.6 is 0 Å². The number of halogens is 3. The molecule has 9 heteroatoms. The molecule has 0 saturated heterocycles. The Bertz CT molecular complexity index is 987. The second-order valence-electron chi connectivity index (χ2n) is 5.95. The van der Waals surface area contributed by atoms with Gasteiger partial charge in [-0.1, -0.05) is 17.3 Å². The zero-order valence-electron chi connectivity index (χ0n) is 14.4. The number of pyridine rings is 1. The normalized spacial score (nSPS) is 11.4. The van der Waals surface area contributed by atoms with E-state index in [1.165, 1.54) is 6.07 Å². The van der Waals surface area contributed by atoms with Crippen LogP contribution in [0.25, 0.3) is 22.4 Å². The van der Waals surface area contributed by atoms with E-state index in [0.29, 0.717) is 28.1 Å². The van der Waals surface area contributed by atoms with Crippen molar-refractivity contribution in [3.8, 4) is 34.2 Å². The lowest BCUT2D eigenvalue weighted by Gasteiger charge is -2.15. The molecule has 0 aliphatic heterocycles. The molecule has 0 bridgehead atoms. The Labute approximate surface area is 152 Å². The van der Waals surface area contributed by atoms with Crippen LogP contribution in [0.5, 0.6) is 5.75 Å². The summed E-state index contributed by atoms with van der Waals surface area (Å²) in [4.78, 5) is 3.48. The maximum atomic E-state index is 12.7. The molecule has 1 aromatic carbocycles. The van der Waals surface area contributed by atoms with E-state index in [2.05, 4.69) is 20.4 Å². The van der Waals surface area contributed by atoms with E-state index in [1.54, 1.807) is 18.2 Å². The second-order valence-corrected chi connectivity index (χ2v) is 5.95. The zero-order chi connectivity index (χ0) is 19.6. The number of alkyl halides is 3. The number of ether oxygens (including phenoxy) is 1. The molecule has 0 amide bonds. The fourth-order valence-corrected chi connectivity index (χ4v) is 2.48. The van der Waals surface area contributed by atoms with E-state index >= 15 is 0 Å². The number of benzene rings is 1. The zero-order valence-corrected chi connectivity index (χ0v) is 14.4. The first-order valence-corrected chi connectivity index (χ1v) is 7.95. The minimum Gasteiger partial charge on any atom is -0.490 e. The van der Waals surface area contributed by atoms with Gasteiger partial charge in [-0.3, -0.25) is 4.98 Å². The van der Waals surface area contributed by atoms with E-state index in [-0.39, 0.29) is 11.8 Å². The Kier molecular flexibility index (Phi) is 4.81. The molecule has 2 aromatic heterocycles. The van der Waals surface area contributed by atoms with Gasteiger partial charge in [0.05, 0.1) is 6.10 Å². The molecule has 0 atom stereocenters. The largest absolute Gasteiger partial charge is 0.490 e. The molecule has 0 unspecified atom stereocenters. The number of aromatic nitrogens is 4. The summed E-state index contributed by atoms with van der Waals surface area (Å²) >= 11 is 0. The van der Waals surface area contributed by atoms with Gasteiger partial charge in [-0.15, -0.1) is 5.10 Å². The van der Waals surface area contributed by atoms with Crippen molar-refractivity contribution in [1.82, 2.24) is 20.4 Å². The lowest BCUT2D eigenvalue weighted by atomic mass is 10.0. The van der Waals surface area contributed by atoms with Gasteiger partial charge >= 0.3 is 6.18 Å². The topological polar surface area (TPSA) is 87.5 Å². The number of hydrogen-bond acceptors (Lipinski definition) is 5. The van der Waals surface area contributed by atoms with Crippen molar-refractivity contribution in [2.45, 2.75) is 26.1 Å². The fraction of sp³-hybridized carbons (Fsp3) is 0.222. The summed E-state index contributed by atoms with van der Waals surface area (Å²) < 4.78 is 43.9. The quantitative estimate of drug-likeness (QED) is 0.740. The molecule has 138 valence electrons. The molecular formula is C18H14F3N5O. The van der Waals surface area contributed by atoms with Gasteiger partial charge in [0.1, 0.15) is 23.2 Å². The molecule has 0 fully saturated rings. The highest BCUT2D eigenvalue weighted by atomic mass is 19.4. The third-order valence-corrected chi connectivity index (χ3v) is 3.65. The van der Waals surface area contributed by atoms with Crippen molar-refractivity contribution >= 4 is 0 Å². The van der Waals surface area contributed by atoms with Crippen LogP contribution in [0.3, 0.4) is 0 Å². The molecule has 1 N–H and O–H groups in total. The van der Waals surface area contributed by atoms with E-state index < -0.39 is 11.9 Å². The Morgan fingerprint density at radius 1 is 1.15 bits per heavy atom. The number of nitrogens with zero attached hydrogens (tertiary/aromatic N) is 4. The Balaban J connectivity index is 2.05. The molecule has 2 heterocycles. The summed E-state index contributed by atoms with van der Waals surface area (Å²) in [5, 5.41) is 19.2. The number of aromatic amines is 1. The standard InChI is InChI=1S/C18H14F3N5O/c1-10(2)27-15-7-11(12-4-6-16(23-9-12)18(19,20)21)3-5-13(15)17-14(8-22)24-26-25-17/h3-7,9-10H,1-2H3,(H,24,25,26). The first-order valence-electron chi connectivity index (χ1n) is 7.95. The van der Waals surface area contributed by atoms with Crippen molar-refractivity contribution in [3.05, 3.63) is 47.9 Å². The maximum absolute atomic E-state index is 12.7. The van der Waals surface area contributed by atoms with Crippen LogP contribution in [-0.4, -0.2) is 26.5 Å². The lowest BCUT2D eigenvalue weighted by Crippen LogP contribution is -2.08. The monoisotopic (exact) mass is 373 g/mol. The predicted molar refractivity (Wildman–Crippen MR) is 90.5 cm³/mol. The van der Waals surface area contributed by atoms with Crippen LogP contribution in [0.1, 0.15) is 25.2 Å². The second kappa shape index (κ2) is 7.07. The summed E-state index contributed by atoms with van der Waals surface area (Å²) in [7, 11) is 0. The van der Waals surface area contributed by atoms with Crippen molar-refractivity contribution in [2.24, 2.45) is 0 Å². The van der Waals surface area contributed by atoms with Gasteiger partial charge in [-0.05, 0) is 37.6 Å². The molecule has 27 heavy (non-hydrogen) atoms. The predicted octanol–water partition coefficient (Wildman–Crippen LogP) is 4.21. The summed E-state index contributed by atoms with van der Waals surface area (Å²) in [6.07, 6.45) is -3.50. The molecule has 0 saturated carbocycles. The average molecular weight is 373 g/mol. The van der Waals surface area contributed by atoms with Crippen LogP contribution in [0, 0.1) is 11.3 Å². The van der Waals surface area contributed by atoms with Gasteiger partial charge in [0.25, 0.3) is 0 Å². The Morgan fingerprint density at radius 2 is 1.89 bits per heavy atom. The van der Waals surface area contributed by atoms with E-state index in [9.17, 15) is 13.2 Å². The van der Waals surface area contributed by atoms with E-state index in [1.807, 2.05) is 19.9 Å². The maximum Gasteiger partial charge on any atom is 0.433 e. The number of nitrogens with one attached hydrogen (secondary N) is 1. The Morgan fingerprint density at radius 3 is 2.48 bits per heavy atom. The molecule has 0 spiro atoms. The minimum absolute atomic E-state index is 0.165. The van der Waals surface area contributed by atoms with Gasteiger partial charge < -0.3 is 4.74 Å². The van der Waals surface area contributed by atoms with Gasteiger partial charge in [0, 0.05) is 17.3 Å². The molecule has 0 radical (unpaired) electrons. The summed E-state index contributed by atoms with van der Waals surface area (Å²) in [6.45, 7) is 3.67. The van der Waals surface area contributed by atoms with Crippen molar-refractivity contribution in [2.75, 3.05) is 0 Å². The minimum atomic E-state index is -4.49. The summed E-state index contributed by atoms with van der Waals surface area (Å²) in [5.74, 6) is 0.438. The molecule has 3 rings (SSSR count). The molecule has 0 aliphatic carbocycles. The van der Waals surface area contributed by atoms with Crippen LogP contribution in [0.15, 0.2) is 36.5 Å². The first-order chi connectivity index (χ1) is 12.8. The first kappa shape index (κ1) is 18.4. The smallest absolute Gasteiger partial charge is 0.433 e. The third kappa shape index (κ3) is 3.89. The number of hydrogen-bond donors (Lipinski definition) is 1. The van der Waals surface area contributed by atoms with Crippen molar-refractivity contribution in [1.29, 1.82) is 5.26 Å². The highest BCUT2D eigenvalue weighted by Gasteiger charge is 2.32. The van der Waals surface area contributed by atoms with Gasteiger partial charge in [0.15, 0.2) is 5.69 Å². The highest BCUT2D eigenvalue weighted by Crippen LogP contribution is 2.35.